The number of benzene rings is 2. The van der Waals surface area contributed by atoms with Crippen molar-refractivity contribution >= 4 is 29.2 Å². The molecule has 1 N–H and O–H groups in total. The van der Waals surface area contributed by atoms with Gasteiger partial charge in [-0.25, -0.2) is 0 Å². The third kappa shape index (κ3) is 5.42. The molecule has 2 rings (SSSR count). The Hall–Kier alpha value is -2.67. The van der Waals surface area contributed by atoms with E-state index < -0.39 is 10.9 Å². The zero-order chi connectivity index (χ0) is 18.4. The Kier molecular flexibility index (Phi) is 6.30. The summed E-state index contributed by atoms with van der Waals surface area (Å²) in [6, 6.07) is 13.0. The lowest BCUT2D eigenvalue weighted by Crippen LogP contribution is -2.08. The Morgan fingerprint density at radius 3 is 2.24 bits per heavy atom. The number of nitrogens with zero attached hydrogens (tertiary/aromatic N) is 1. The molecule has 2 aromatic carbocycles. The Labute approximate surface area is 149 Å². The van der Waals surface area contributed by atoms with Gasteiger partial charge in [0.25, 0.3) is 5.69 Å². The van der Waals surface area contributed by atoms with Crippen LogP contribution in [0.2, 0.25) is 0 Å². The molecule has 0 aliphatic rings. The second-order valence-corrected chi connectivity index (χ2v) is 6.73. The van der Waals surface area contributed by atoms with Crippen LogP contribution >= 0.6 is 11.8 Å². The van der Waals surface area contributed by atoms with Crippen molar-refractivity contribution in [2.75, 3.05) is 5.75 Å². The number of aryl methyl sites for hydroxylation is 1. The lowest BCUT2D eigenvalue weighted by Gasteiger charge is -2.15. The number of thioether (sulfide) groups is 1. The molecule has 0 aliphatic carbocycles. The minimum Gasteiger partial charge on any atom is -0.481 e. The fourth-order valence-electron chi connectivity index (χ4n) is 2.28. The Morgan fingerprint density at radius 1 is 1.12 bits per heavy atom. The van der Waals surface area contributed by atoms with E-state index in [1.807, 2.05) is 19.1 Å². The largest absolute Gasteiger partial charge is 0.481 e. The maximum atomic E-state index is 12.5. The van der Waals surface area contributed by atoms with E-state index in [9.17, 15) is 19.7 Å². The fourth-order valence-corrected chi connectivity index (χ4v) is 3.24. The van der Waals surface area contributed by atoms with E-state index in [2.05, 4.69) is 0 Å². The van der Waals surface area contributed by atoms with Crippen molar-refractivity contribution in [1.82, 2.24) is 0 Å². The van der Waals surface area contributed by atoms with E-state index in [0.717, 1.165) is 17.3 Å². The molecule has 0 amide bonds. The molecule has 0 aliphatic heterocycles. The van der Waals surface area contributed by atoms with Crippen molar-refractivity contribution in [1.29, 1.82) is 0 Å². The number of carboxylic acids is 1. The molecule has 6 nitrogen and oxygen atoms in total. The van der Waals surface area contributed by atoms with E-state index in [4.69, 9.17) is 5.11 Å². The number of rotatable bonds is 8. The predicted molar refractivity (Wildman–Crippen MR) is 96.1 cm³/mol. The number of nitro groups is 1. The van der Waals surface area contributed by atoms with Gasteiger partial charge in [0.05, 0.1) is 10.7 Å². The molecule has 0 saturated carbocycles. The summed E-state index contributed by atoms with van der Waals surface area (Å²) in [7, 11) is 0. The summed E-state index contributed by atoms with van der Waals surface area (Å²) >= 11 is 1.13. The highest BCUT2D eigenvalue weighted by atomic mass is 32.2. The number of carboxylic acid groups (broad SMARTS) is 1. The van der Waals surface area contributed by atoms with Crippen LogP contribution in [0.5, 0.6) is 0 Å². The van der Waals surface area contributed by atoms with Crippen LogP contribution in [0.3, 0.4) is 0 Å². The number of nitro benzene ring substituents is 1. The van der Waals surface area contributed by atoms with Gasteiger partial charge in [0.2, 0.25) is 0 Å². The molecule has 0 aromatic heterocycles. The molecule has 0 saturated heterocycles. The van der Waals surface area contributed by atoms with E-state index >= 15 is 0 Å². The molecule has 0 fully saturated rings. The van der Waals surface area contributed by atoms with Crippen molar-refractivity contribution < 1.29 is 19.6 Å². The second kappa shape index (κ2) is 8.43. The second-order valence-electron chi connectivity index (χ2n) is 5.54. The van der Waals surface area contributed by atoms with Gasteiger partial charge in [0, 0.05) is 29.4 Å². The zero-order valence-electron chi connectivity index (χ0n) is 13.5. The molecule has 130 valence electrons. The smallest absolute Gasteiger partial charge is 0.313 e. The SMILES string of the molecule is Cc1ccc(C(=O)C[C@H](SCC(=O)O)c2ccc([N+](=O)[O-])cc2)cc1. The van der Waals surface area contributed by atoms with Crippen LogP contribution in [0, 0.1) is 17.0 Å². The van der Waals surface area contributed by atoms with Crippen LogP contribution in [0.1, 0.15) is 33.2 Å². The van der Waals surface area contributed by atoms with Gasteiger partial charge in [-0.05, 0) is 12.5 Å². The summed E-state index contributed by atoms with van der Waals surface area (Å²) in [5, 5.41) is 19.3. The average Bonchev–Trinajstić information content (AvgIpc) is 2.59. The minimum atomic E-state index is -0.973. The molecule has 1 atom stereocenters. The highest BCUT2D eigenvalue weighted by molar-refractivity contribution is 8.00. The van der Waals surface area contributed by atoms with Gasteiger partial charge in [-0.15, -0.1) is 11.8 Å². The summed E-state index contributed by atoms with van der Waals surface area (Å²) in [5.74, 6) is -1.22. The lowest BCUT2D eigenvalue weighted by molar-refractivity contribution is -0.384. The maximum absolute atomic E-state index is 12.5. The van der Waals surface area contributed by atoms with E-state index in [-0.39, 0.29) is 28.9 Å². The summed E-state index contributed by atoms with van der Waals surface area (Å²) in [4.78, 5) is 33.6. The van der Waals surface area contributed by atoms with Crippen LogP contribution in [-0.2, 0) is 4.79 Å². The van der Waals surface area contributed by atoms with Crippen molar-refractivity contribution in [3.8, 4) is 0 Å². The normalized spacial score (nSPS) is 11.7. The molecule has 0 unspecified atom stereocenters. The molecule has 25 heavy (non-hydrogen) atoms. The first kappa shape index (κ1) is 18.7. The molecular formula is C18H17NO5S. The Bertz CT molecular complexity index is 771. The van der Waals surface area contributed by atoms with Crippen LogP contribution in [0.25, 0.3) is 0 Å². The first-order valence-corrected chi connectivity index (χ1v) is 8.59. The average molecular weight is 359 g/mol. The van der Waals surface area contributed by atoms with Gasteiger partial charge in [0.1, 0.15) is 0 Å². The van der Waals surface area contributed by atoms with Crippen LogP contribution < -0.4 is 0 Å². The summed E-state index contributed by atoms with van der Waals surface area (Å²) in [6.07, 6.45) is 0.124. The number of ketones is 1. The summed E-state index contributed by atoms with van der Waals surface area (Å²) in [6.45, 7) is 1.93. The van der Waals surface area contributed by atoms with Gasteiger partial charge in [-0.2, -0.15) is 0 Å². The van der Waals surface area contributed by atoms with Crippen LogP contribution in [-0.4, -0.2) is 27.5 Å². The number of hydrogen-bond acceptors (Lipinski definition) is 5. The molecule has 2 aromatic rings. The Morgan fingerprint density at radius 2 is 1.72 bits per heavy atom. The van der Waals surface area contributed by atoms with Crippen molar-refractivity contribution in [3.05, 3.63) is 75.3 Å². The van der Waals surface area contributed by atoms with Gasteiger partial charge < -0.3 is 5.11 Å². The number of Topliss-reactive ketones (excluding diaryl/α,β-unsaturated/α-hetero) is 1. The molecule has 0 bridgehead atoms. The number of carbonyl (C=O) groups excluding carboxylic acids is 1. The third-order valence-electron chi connectivity index (χ3n) is 3.63. The first-order valence-electron chi connectivity index (χ1n) is 7.54. The number of aliphatic carboxylic acids is 1. The van der Waals surface area contributed by atoms with Gasteiger partial charge in [-0.1, -0.05) is 42.0 Å². The molecular weight excluding hydrogens is 342 g/mol. The Balaban J connectivity index is 2.19. The van der Waals surface area contributed by atoms with Gasteiger partial charge >= 0.3 is 5.97 Å². The van der Waals surface area contributed by atoms with Crippen LogP contribution in [0.15, 0.2) is 48.5 Å². The molecule has 7 heteroatoms. The monoisotopic (exact) mass is 359 g/mol. The molecule has 0 spiro atoms. The quantitative estimate of drug-likeness (QED) is 0.434. The van der Waals surface area contributed by atoms with Crippen molar-refractivity contribution in [2.24, 2.45) is 0 Å². The van der Waals surface area contributed by atoms with Gasteiger partial charge in [0.15, 0.2) is 5.78 Å². The summed E-state index contributed by atoms with van der Waals surface area (Å²) in [5.41, 5.74) is 2.25. The molecule has 0 heterocycles. The van der Waals surface area contributed by atoms with Crippen molar-refractivity contribution in [3.63, 3.8) is 0 Å². The minimum absolute atomic E-state index is 0.0457. The molecule has 0 radical (unpaired) electrons. The van der Waals surface area contributed by atoms with E-state index in [0.29, 0.717) is 11.1 Å². The summed E-state index contributed by atoms with van der Waals surface area (Å²) < 4.78 is 0. The number of hydrogen-bond donors (Lipinski definition) is 1. The predicted octanol–water partition coefficient (Wildman–Crippen LogP) is 4.04. The topological polar surface area (TPSA) is 97.5 Å². The zero-order valence-corrected chi connectivity index (χ0v) is 14.4. The van der Waals surface area contributed by atoms with Crippen LogP contribution in [0.4, 0.5) is 5.69 Å². The van der Waals surface area contributed by atoms with Gasteiger partial charge in [-0.3, -0.25) is 19.7 Å². The first-order chi connectivity index (χ1) is 11.9. The lowest BCUT2D eigenvalue weighted by atomic mass is 10.0. The fraction of sp³-hybridized carbons (Fsp3) is 0.222. The number of non-ortho nitro benzene ring substituents is 1. The highest BCUT2D eigenvalue weighted by Crippen LogP contribution is 2.34. The van der Waals surface area contributed by atoms with E-state index in [1.165, 1.54) is 12.1 Å². The number of carbonyl (C=O) groups is 2. The van der Waals surface area contributed by atoms with E-state index in [1.54, 1.807) is 24.3 Å². The highest BCUT2D eigenvalue weighted by Gasteiger charge is 2.20. The maximum Gasteiger partial charge on any atom is 0.313 e. The van der Waals surface area contributed by atoms with Crippen molar-refractivity contribution in [2.45, 2.75) is 18.6 Å². The third-order valence-corrected chi connectivity index (χ3v) is 4.88. The standard InChI is InChI=1S/C18H17NO5S/c1-12-2-4-13(5-3-12)16(20)10-17(25-11-18(21)22)14-6-8-15(9-7-14)19(23)24/h2-9,17H,10-11H2,1H3,(H,21,22)/t17-/m0/s1.